The molecule has 0 spiro atoms. The molecule has 0 N–H and O–H groups in total. The van der Waals surface area contributed by atoms with Crippen molar-refractivity contribution < 1.29 is 0 Å². The van der Waals surface area contributed by atoms with E-state index in [0.717, 1.165) is 0 Å². The largest absolute Gasteiger partial charge is 0.147 e. The van der Waals surface area contributed by atoms with E-state index in [1.165, 1.54) is 38.5 Å². The third kappa shape index (κ3) is 18.4. The molecule has 0 aromatic heterocycles. The fraction of sp³-hybridized carbons (Fsp3) is 1.00. The molecule has 0 radical (unpaired) electrons. The summed E-state index contributed by atoms with van der Waals surface area (Å²) in [6.45, 7) is 0. The summed E-state index contributed by atoms with van der Waals surface area (Å²) in [6.07, 6.45) is 9.00. The molecule has 0 aliphatic heterocycles. The van der Waals surface area contributed by atoms with Gasteiger partial charge in [-0.3, -0.25) is 0 Å². The molecule has 1 rings (SSSR count). The Balaban J connectivity index is -0.0000000240. The number of hydrogen-bond acceptors (Lipinski definition) is 0. The summed E-state index contributed by atoms with van der Waals surface area (Å²) in [5.74, 6) is 0. The minimum absolute atomic E-state index is 0. The molecule has 0 unspecified atom stereocenters. The molecule has 11 heavy (non-hydrogen) atoms. The molecule has 0 heterocycles. The van der Waals surface area contributed by atoms with Crippen molar-refractivity contribution in [3.8, 4) is 0 Å². The van der Waals surface area contributed by atoms with Crippen molar-refractivity contribution in [2.75, 3.05) is 0 Å². The molecule has 1 fully saturated rings. The van der Waals surface area contributed by atoms with Crippen LogP contribution in [0.2, 0.25) is 0 Å². The van der Waals surface area contributed by atoms with Crippen molar-refractivity contribution in [3.63, 3.8) is 0 Å². The van der Waals surface area contributed by atoms with Gasteiger partial charge in [0.1, 0.15) is 0 Å². The Kier molecular flexibility index (Phi) is 60.2. The summed E-state index contributed by atoms with van der Waals surface area (Å²) in [7, 11) is 0. The van der Waals surface area contributed by atoms with Gasteiger partial charge in [-0.25, -0.2) is 0 Å². The monoisotopic (exact) mass is 260 g/mol. The highest BCUT2D eigenvalue weighted by atomic mass is 35.5. The minimum Gasteiger partial charge on any atom is -0.147 e. The van der Waals surface area contributed by atoms with Gasteiger partial charge in [0.25, 0.3) is 0 Å². The molecule has 5 heteroatoms. The molecular weight excluding hydrogens is 242 g/mol. The first-order chi connectivity index (χ1) is 3.00. The first-order valence-electron chi connectivity index (χ1n) is 3.00. The zero-order valence-electron chi connectivity index (χ0n) is 5.88. The lowest BCUT2D eigenvalue weighted by atomic mass is 10.0. The molecule has 0 nitrogen and oxygen atoms in total. The van der Waals surface area contributed by atoms with Crippen molar-refractivity contribution >= 4 is 60.6 Å². The number of halogens is 4. The zero-order valence-corrected chi connectivity index (χ0v) is 9.14. The van der Waals surface area contributed by atoms with Crippen LogP contribution in [0.4, 0.5) is 0 Å². The molecule has 0 aromatic carbocycles. The van der Waals surface area contributed by atoms with E-state index in [1.54, 1.807) is 0 Å². The smallest absolute Gasteiger partial charge is 0.0149 e. The third-order valence-electron chi connectivity index (χ3n) is 1.50. The fourth-order valence-electron chi connectivity index (χ4n) is 1.06. The molecule has 0 saturated heterocycles. The maximum Gasteiger partial charge on any atom is -0.0149 e. The van der Waals surface area contributed by atoms with Crippen molar-refractivity contribution in [1.29, 1.82) is 0 Å². The summed E-state index contributed by atoms with van der Waals surface area (Å²) in [6, 6.07) is 0. The molecule has 0 aromatic rings. The summed E-state index contributed by atoms with van der Waals surface area (Å²) < 4.78 is 0. The lowest BCUT2D eigenvalue weighted by Crippen LogP contribution is -1.85. The van der Waals surface area contributed by atoms with Crippen LogP contribution in [-0.4, -0.2) is 11.0 Å². The van der Waals surface area contributed by atoms with E-state index in [2.05, 4.69) is 0 Å². The predicted molar refractivity (Wildman–Crippen MR) is 68.0 cm³/mol. The lowest BCUT2D eigenvalue weighted by molar-refractivity contribution is 0.504. The van der Waals surface area contributed by atoms with Crippen LogP contribution in [0.3, 0.4) is 0 Å². The lowest BCUT2D eigenvalue weighted by Gasteiger charge is -2.05. The van der Waals surface area contributed by atoms with Crippen LogP contribution in [-0.2, 0) is 0 Å². The second-order valence-corrected chi connectivity index (χ2v) is 2.12. The highest BCUT2D eigenvalue weighted by Crippen LogP contribution is 2.15. The Labute approximate surface area is 98.9 Å². The van der Waals surface area contributed by atoms with Gasteiger partial charge < -0.3 is 0 Å². The number of hydrogen-bond donors (Lipinski definition) is 0. The SMILES string of the molecule is C1CCCCC1.Cl.Cl.Cl.Cl.[SiH4]. The Bertz CT molecular complexity index is 30.1. The van der Waals surface area contributed by atoms with Gasteiger partial charge in [-0.15, -0.1) is 49.6 Å². The van der Waals surface area contributed by atoms with Gasteiger partial charge in [-0.1, -0.05) is 38.5 Å². The van der Waals surface area contributed by atoms with E-state index in [0.29, 0.717) is 0 Å². The van der Waals surface area contributed by atoms with Crippen molar-refractivity contribution in [2.24, 2.45) is 0 Å². The molecule has 76 valence electrons. The molecule has 0 amide bonds. The van der Waals surface area contributed by atoms with Crippen LogP contribution in [0.15, 0.2) is 0 Å². The highest BCUT2D eigenvalue weighted by molar-refractivity contribution is 5.86. The van der Waals surface area contributed by atoms with Crippen molar-refractivity contribution in [2.45, 2.75) is 38.5 Å². The van der Waals surface area contributed by atoms with E-state index in [-0.39, 0.29) is 60.6 Å². The predicted octanol–water partition coefficient (Wildman–Crippen LogP) is 2.58. The van der Waals surface area contributed by atoms with Gasteiger partial charge in [0.2, 0.25) is 0 Å². The third-order valence-corrected chi connectivity index (χ3v) is 1.50. The average molecular weight is 262 g/mol. The van der Waals surface area contributed by atoms with Crippen LogP contribution in [0.25, 0.3) is 0 Å². The Hall–Kier alpha value is 1.38. The standard InChI is InChI=1S/C6H12.4ClH.H4Si/c1-2-4-6-5-3-1;;;;;/h1-6H2;4*1H;1H4. The second-order valence-electron chi connectivity index (χ2n) is 2.12. The van der Waals surface area contributed by atoms with Gasteiger partial charge in [0.15, 0.2) is 0 Å². The molecule has 0 bridgehead atoms. The fourth-order valence-corrected chi connectivity index (χ4v) is 1.06. The second kappa shape index (κ2) is 22.5. The molecule has 1 aliphatic rings. The van der Waals surface area contributed by atoms with E-state index < -0.39 is 0 Å². The summed E-state index contributed by atoms with van der Waals surface area (Å²) in [5.41, 5.74) is 0. The average Bonchev–Trinajstić information content (AvgIpc) is 1.72. The summed E-state index contributed by atoms with van der Waals surface area (Å²) in [4.78, 5) is 0. The quantitative estimate of drug-likeness (QED) is 0.588. The molecule has 1 aliphatic carbocycles. The van der Waals surface area contributed by atoms with Crippen molar-refractivity contribution in [1.82, 2.24) is 0 Å². The van der Waals surface area contributed by atoms with E-state index in [9.17, 15) is 0 Å². The van der Waals surface area contributed by atoms with Crippen LogP contribution in [0.5, 0.6) is 0 Å². The summed E-state index contributed by atoms with van der Waals surface area (Å²) >= 11 is 0. The van der Waals surface area contributed by atoms with E-state index in [4.69, 9.17) is 0 Å². The first kappa shape index (κ1) is 29.4. The zero-order chi connectivity index (χ0) is 4.24. The molecule has 1 saturated carbocycles. The number of rotatable bonds is 0. The van der Waals surface area contributed by atoms with Gasteiger partial charge >= 0.3 is 0 Å². The van der Waals surface area contributed by atoms with E-state index in [1.807, 2.05) is 0 Å². The van der Waals surface area contributed by atoms with Crippen LogP contribution in [0, 0.1) is 0 Å². The Morgan fingerprint density at radius 3 is 0.545 bits per heavy atom. The van der Waals surface area contributed by atoms with Crippen molar-refractivity contribution in [3.05, 3.63) is 0 Å². The van der Waals surface area contributed by atoms with Gasteiger partial charge in [0, 0.05) is 0 Å². The van der Waals surface area contributed by atoms with Crippen LogP contribution < -0.4 is 0 Å². The normalized spacial score (nSPS) is 13.1. The Morgan fingerprint density at radius 2 is 0.455 bits per heavy atom. The Morgan fingerprint density at radius 1 is 0.364 bits per heavy atom. The van der Waals surface area contributed by atoms with Crippen LogP contribution >= 0.6 is 49.6 Å². The first-order valence-corrected chi connectivity index (χ1v) is 3.00. The maximum atomic E-state index is 1.50. The topological polar surface area (TPSA) is 0 Å². The van der Waals surface area contributed by atoms with Gasteiger partial charge in [-0.2, -0.15) is 0 Å². The van der Waals surface area contributed by atoms with Gasteiger partial charge in [0.05, 0.1) is 0 Å². The van der Waals surface area contributed by atoms with Gasteiger partial charge in [-0.05, 0) is 11.0 Å². The minimum atomic E-state index is 0. The molecular formula is C6H20Cl4Si. The van der Waals surface area contributed by atoms with Crippen LogP contribution in [0.1, 0.15) is 38.5 Å². The highest BCUT2D eigenvalue weighted by Gasteiger charge is 1.95. The summed E-state index contributed by atoms with van der Waals surface area (Å²) in [5, 5.41) is 0. The maximum absolute atomic E-state index is 1.50. The van der Waals surface area contributed by atoms with E-state index >= 15 is 0 Å². The molecule has 0 atom stereocenters.